The molecule has 2 heterocycles. The minimum absolute atomic E-state index is 0.263. The van der Waals surface area contributed by atoms with Gasteiger partial charge < -0.3 is 9.64 Å². The predicted molar refractivity (Wildman–Crippen MR) is 93.8 cm³/mol. The molecule has 7 nitrogen and oxygen atoms in total. The van der Waals surface area contributed by atoms with Crippen LogP contribution in [0.3, 0.4) is 0 Å². The number of ether oxygens (including phenoxy) is 1. The number of esters is 1. The summed E-state index contributed by atoms with van der Waals surface area (Å²) in [5.74, 6) is -1.59. The van der Waals surface area contributed by atoms with Crippen molar-refractivity contribution in [2.24, 2.45) is 7.05 Å². The van der Waals surface area contributed by atoms with Crippen LogP contribution in [-0.4, -0.2) is 38.7 Å². The third kappa shape index (κ3) is 3.53. The first-order valence-electron chi connectivity index (χ1n) is 7.70. The highest BCUT2D eigenvalue weighted by Gasteiger charge is 2.29. The standard InChI is InChI=1S/C17H18N4O3S/c1-11(13-6-7-20(2)19-13)21(16(22)17(23)24-3)9-12-4-5-15-14(8-12)18-10-25-15/h4-8,10-11H,9H2,1-3H3/t11-/m1/s1. The highest BCUT2D eigenvalue weighted by Crippen LogP contribution is 2.24. The van der Waals surface area contributed by atoms with E-state index in [4.69, 9.17) is 0 Å². The van der Waals surface area contributed by atoms with Crippen LogP contribution in [0.5, 0.6) is 0 Å². The Hall–Kier alpha value is -2.74. The summed E-state index contributed by atoms with van der Waals surface area (Å²) in [5, 5.41) is 4.34. The number of hydrogen-bond donors (Lipinski definition) is 0. The lowest BCUT2D eigenvalue weighted by Crippen LogP contribution is -2.38. The van der Waals surface area contributed by atoms with Crippen LogP contribution in [0.15, 0.2) is 36.0 Å². The van der Waals surface area contributed by atoms with E-state index in [9.17, 15) is 9.59 Å². The van der Waals surface area contributed by atoms with Gasteiger partial charge in [0.05, 0.1) is 34.6 Å². The molecule has 0 aliphatic heterocycles. The Morgan fingerprint density at radius 3 is 2.84 bits per heavy atom. The summed E-state index contributed by atoms with van der Waals surface area (Å²) >= 11 is 1.56. The molecule has 0 fully saturated rings. The lowest BCUT2D eigenvalue weighted by atomic mass is 10.1. The van der Waals surface area contributed by atoms with Crippen LogP contribution in [0.2, 0.25) is 0 Å². The van der Waals surface area contributed by atoms with Crippen LogP contribution < -0.4 is 0 Å². The van der Waals surface area contributed by atoms with Crippen molar-refractivity contribution in [3.8, 4) is 0 Å². The number of rotatable bonds is 4. The zero-order valence-electron chi connectivity index (χ0n) is 14.2. The van der Waals surface area contributed by atoms with E-state index in [1.54, 1.807) is 34.8 Å². The smallest absolute Gasteiger partial charge is 0.396 e. The summed E-state index contributed by atoms with van der Waals surface area (Å²) in [5.41, 5.74) is 4.24. The van der Waals surface area contributed by atoms with Crippen molar-refractivity contribution >= 4 is 33.4 Å². The second kappa shape index (κ2) is 7.02. The molecule has 0 N–H and O–H groups in total. The maximum absolute atomic E-state index is 12.5. The van der Waals surface area contributed by atoms with Crippen LogP contribution >= 0.6 is 11.3 Å². The molecule has 0 spiro atoms. The van der Waals surface area contributed by atoms with Crippen LogP contribution in [0.4, 0.5) is 0 Å². The largest absolute Gasteiger partial charge is 0.462 e. The van der Waals surface area contributed by atoms with E-state index in [1.807, 2.05) is 31.2 Å². The minimum Gasteiger partial charge on any atom is -0.462 e. The third-order valence-electron chi connectivity index (χ3n) is 4.00. The number of aromatic nitrogens is 3. The van der Waals surface area contributed by atoms with E-state index in [0.717, 1.165) is 15.8 Å². The van der Waals surface area contributed by atoms with Gasteiger partial charge in [0.25, 0.3) is 0 Å². The van der Waals surface area contributed by atoms with Gasteiger partial charge in [-0.05, 0) is 30.7 Å². The quantitative estimate of drug-likeness (QED) is 0.528. The molecular formula is C17H18N4O3S. The van der Waals surface area contributed by atoms with Gasteiger partial charge in [-0.1, -0.05) is 6.07 Å². The van der Waals surface area contributed by atoms with Crippen molar-refractivity contribution < 1.29 is 14.3 Å². The number of hydrogen-bond acceptors (Lipinski definition) is 6. The topological polar surface area (TPSA) is 77.3 Å². The van der Waals surface area contributed by atoms with E-state index >= 15 is 0 Å². The van der Waals surface area contributed by atoms with Crippen molar-refractivity contribution in [3.63, 3.8) is 0 Å². The predicted octanol–water partition coefficient (Wildman–Crippen LogP) is 2.29. The zero-order valence-corrected chi connectivity index (χ0v) is 15.0. The van der Waals surface area contributed by atoms with E-state index in [-0.39, 0.29) is 12.6 Å². The Balaban J connectivity index is 1.92. The van der Waals surface area contributed by atoms with Crippen LogP contribution in [0.25, 0.3) is 10.2 Å². The summed E-state index contributed by atoms with van der Waals surface area (Å²) in [7, 11) is 3.00. The highest BCUT2D eigenvalue weighted by molar-refractivity contribution is 7.16. The van der Waals surface area contributed by atoms with Crippen LogP contribution in [0.1, 0.15) is 24.2 Å². The van der Waals surface area contributed by atoms with Gasteiger partial charge in [0.1, 0.15) is 0 Å². The summed E-state index contributed by atoms with van der Waals surface area (Å²) in [4.78, 5) is 30.1. The molecule has 0 aliphatic rings. The molecule has 0 saturated heterocycles. The number of aryl methyl sites for hydroxylation is 1. The number of carbonyl (C=O) groups is 2. The van der Waals surface area contributed by atoms with Gasteiger partial charge >= 0.3 is 11.9 Å². The van der Waals surface area contributed by atoms with Crippen molar-refractivity contribution in [1.29, 1.82) is 0 Å². The van der Waals surface area contributed by atoms with E-state index in [1.165, 1.54) is 12.0 Å². The molecule has 2 aromatic heterocycles. The fraction of sp³-hybridized carbons (Fsp3) is 0.294. The molecular weight excluding hydrogens is 340 g/mol. The average Bonchev–Trinajstić information content (AvgIpc) is 3.26. The van der Waals surface area contributed by atoms with E-state index < -0.39 is 11.9 Å². The maximum Gasteiger partial charge on any atom is 0.396 e. The minimum atomic E-state index is -0.891. The molecule has 0 unspecified atom stereocenters. The first-order valence-corrected chi connectivity index (χ1v) is 8.58. The second-order valence-electron chi connectivity index (χ2n) is 5.67. The first-order chi connectivity index (χ1) is 12.0. The number of benzene rings is 1. The van der Waals surface area contributed by atoms with Gasteiger partial charge in [0, 0.05) is 19.8 Å². The van der Waals surface area contributed by atoms with Crippen LogP contribution in [-0.2, 0) is 27.9 Å². The lowest BCUT2D eigenvalue weighted by Gasteiger charge is -2.27. The summed E-state index contributed by atoms with van der Waals surface area (Å²) in [6.45, 7) is 2.10. The summed E-state index contributed by atoms with van der Waals surface area (Å²) < 4.78 is 7.35. The fourth-order valence-corrected chi connectivity index (χ4v) is 3.26. The Labute approximate surface area is 148 Å². The number of carbonyl (C=O) groups excluding carboxylic acids is 2. The fourth-order valence-electron chi connectivity index (χ4n) is 2.60. The third-order valence-corrected chi connectivity index (χ3v) is 4.81. The van der Waals surface area contributed by atoms with Gasteiger partial charge in [-0.25, -0.2) is 9.78 Å². The van der Waals surface area contributed by atoms with Crippen LogP contribution in [0, 0.1) is 0 Å². The number of fused-ring (bicyclic) bond motifs is 1. The van der Waals surface area contributed by atoms with Crippen molar-refractivity contribution in [2.75, 3.05) is 7.11 Å². The SMILES string of the molecule is COC(=O)C(=O)N(Cc1ccc2scnc2c1)[C@H](C)c1ccn(C)n1. The average molecular weight is 358 g/mol. The number of thiazole rings is 1. The van der Waals surface area contributed by atoms with Crippen molar-refractivity contribution in [3.05, 3.63) is 47.2 Å². The Morgan fingerprint density at radius 1 is 1.36 bits per heavy atom. The lowest BCUT2D eigenvalue weighted by molar-refractivity contribution is -0.159. The first kappa shape index (κ1) is 17.1. The molecule has 1 aromatic carbocycles. The Morgan fingerprint density at radius 2 is 2.16 bits per heavy atom. The van der Waals surface area contributed by atoms with Gasteiger partial charge in [-0.3, -0.25) is 9.48 Å². The van der Waals surface area contributed by atoms with E-state index in [2.05, 4.69) is 14.8 Å². The van der Waals surface area contributed by atoms with E-state index in [0.29, 0.717) is 5.69 Å². The molecule has 25 heavy (non-hydrogen) atoms. The number of methoxy groups -OCH3 is 1. The zero-order chi connectivity index (χ0) is 18.0. The molecule has 0 radical (unpaired) electrons. The summed E-state index contributed by atoms with van der Waals surface area (Å²) in [6.07, 6.45) is 1.80. The normalized spacial score (nSPS) is 12.1. The molecule has 0 bridgehead atoms. The van der Waals surface area contributed by atoms with Gasteiger partial charge in [0.15, 0.2) is 0 Å². The Bertz CT molecular complexity index is 917. The molecule has 0 aliphatic carbocycles. The number of nitrogens with zero attached hydrogens (tertiary/aromatic N) is 4. The highest BCUT2D eigenvalue weighted by atomic mass is 32.1. The molecule has 3 aromatic rings. The molecule has 130 valence electrons. The van der Waals surface area contributed by atoms with Crippen molar-refractivity contribution in [2.45, 2.75) is 19.5 Å². The molecule has 1 atom stereocenters. The summed E-state index contributed by atoms with van der Waals surface area (Å²) in [6, 6.07) is 7.27. The van der Waals surface area contributed by atoms with Gasteiger partial charge in [0.2, 0.25) is 0 Å². The Kier molecular flexibility index (Phi) is 4.80. The molecule has 3 rings (SSSR count). The van der Waals surface area contributed by atoms with Gasteiger partial charge in [-0.15, -0.1) is 11.3 Å². The van der Waals surface area contributed by atoms with Gasteiger partial charge in [-0.2, -0.15) is 5.10 Å². The second-order valence-corrected chi connectivity index (χ2v) is 6.56. The number of amides is 1. The molecule has 1 amide bonds. The molecule has 0 saturated carbocycles. The van der Waals surface area contributed by atoms with Crippen molar-refractivity contribution in [1.82, 2.24) is 19.7 Å². The molecule has 8 heteroatoms. The monoisotopic (exact) mass is 358 g/mol. The maximum atomic E-state index is 12.5.